The predicted molar refractivity (Wildman–Crippen MR) is 162 cm³/mol. The number of carbonyl (C=O) groups is 2. The summed E-state index contributed by atoms with van der Waals surface area (Å²) in [6, 6.07) is 0. The maximum absolute atomic E-state index is 12.2. The normalized spacial score (nSPS) is 13.7. The first kappa shape index (κ1) is 36.9. The largest absolute Gasteiger partial charge is 0.465 e. The van der Waals surface area contributed by atoms with Crippen molar-refractivity contribution in [3.63, 3.8) is 0 Å². The number of rotatable bonds is 28. The molecule has 0 spiro atoms. The van der Waals surface area contributed by atoms with E-state index in [1.54, 1.807) is 0 Å². The van der Waals surface area contributed by atoms with E-state index in [0.29, 0.717) is 43.8 Å². The minimum atomic E-state index is -0.00485. The van der Waals surface area contributed by atoms with Crippen LogP contribution >= 0.6 is 0 Å². The molecule has 4 nitrogen and oxygen atoms in total. The summed E-state index contributed by atoms with van der Waals surface area (Å²) in [5.74, 6) is 1.72. The van der Waals surface area contributed by atoms with Crippen LogP contribution in [-0.2, 0) is 19.1 Å². The molecule has 0 aromatic rings. The van der Waals surface area contributed by atoms with Crippen LogP contribution in [0.25, 0.3) is 0 Å². The molecule has 0 N–H and O–H groups in total. The average Bonchev–Trinajstić information content (AvgIpc) is 2.93. The van der Waals surface area contributed by atoms with Gasteiger partial charge in [-0.25, -0.2) is 0 Å². The maximum Gasteiger partial charge on any atom is 0.305 e. The topological polar surface area (TPSA) is 52.6 Å². The Morgan fingerprint density at radius 2 is 0.842 bits per heavy atom. The Bertz CT molecular complexity index is 533. The number of ether oxygens (including phenoxy) is 2. The van der Waals surface area contributed by atoms with Gasteiger partial charge in [0, 0.05) is 12.8 Å². The van der Waals surface area contributed by atoms with Crippen molar-refractivity contribution in [2.75, 3.05) is 13.2 Å². The first-order chi connectivity index (χ1) is 18.5. The van der Waals surface area contributed by atoms with Gasteiger partial charge in [-0.1, -0.05) is 137 Å². The molecule has 0 aliphatic carbocycles. The lowest BCUT2D eigenvalue weighted by molar-refractivity contribution is -0.146. The second-order valence-corrected chi connectivity index (χ2v) is 11.7. The van der Waals surface area contributed by atoms with E-state index in [1.807, 2.05) is 0 Å². The van der Waals surface area contributed by atoms with Gasteiger partial charge in [-0.15, -0.1) is 0 Å². The van der Waals surface area contributed by atoms with E-state index >= 15 is 0 Å². The Hall–Kier alpha value is -1.06. The Morgan fingerprint density at radius 3 is 1.29 bits per heavy atom. The summed E-state index contributed by atoms with van der Waals surface area (Å²) in [5, 5.41) is 0. The van der Waals surface area contributed by atoms with Crippen molar-refractivity contribution in [3.8, 4) is 0 Å². The highest BCUT2D eigenvalue weighted by Gasteiger charge is 2.13. The molecule has 0 saturated heterocycles. The quantitative estimate of drug-likeness (QED) is 0.0734. The van der Waals surface area contributed by atoms with E-state index in [4.69, 9.17) is 9.47 Å². The second-order valence-electron chi connectivity index (χ2n) is 11.7. The van der Waals surface area contributed by atoms with Crippen molar-refractivity contribution in [1.29, 1.82) is 0 Å². The van der Waals surface area contributed by atoms with Crippen molar-refractivity contribution < 1.29 is 19.1 Å². The summed E-state index contributed by atoms with van der Waals surface area (Å²) >= 11 is 0. The molecule has 0 amide bonds. The van der Waals surface area contributed by atoms with Crippen molar-refractivity contribution in [2.24, 2.45) is 17.8 Å². The molecule has 0 radical (unpaired) electrons. The highest BCUT2D eigenvalue weighted by molar-refractivity contribution is 5.69. The summed E-state index contributed by atoms with van der Waals surface area (Å²) in [6.07, 6.45) is 25.1. The molecule has 226 valence electrons. The van der Waals surface area contributed by atoms with Crippen LogP contribution in [-0.4, -0.2) is 25.2 Å². The van der Waals surface area contributed by atoms with E-state index in [1.165, 1.54) is 89.9 Å². The summed E-state index contributed by atoms with van der Waals surface area (Å²) in [4.78, 5) is 24.2. The molecular weight excluding hydrogens is 472 g/mol. The van der Waals surface area contributed by atoms with Gasteiger partial charge in [0.05, 0.1) is 13.2 Å². The van der Waals surface area contributed by atoms with Gasteiger partial charge in [-0.2, -0.15) is 0 Å². The van der Waals surface area contributed by atoms with Gasteiger partial charge < -0.3 is 9.47 Å². The molecule has 0 fully saturated rings. The third kappa shape index (κ3) is 22.9. The van der Waals surface area contributed by atoms with E-state index in [0.717, 1.165) is 38.5 Å². The molecule has 0 aliphatic rings. The number of unbranched alkanes of at least 4 members (excludes halogenated alkanes) is 10. The predicted octanol–water partition coefficient (Wildman–Crippen LogP) is 10.6. The Balaban J connectivity index is 3.64. The Labute approximate surface area is 237 Å². The lowest BCUT2D eigenvalue weighted by atomic mass is 9.93. The van der Waals surface area contributed by atoms with E-state index in [-0.39, 0.29) is 11.9 Å². The van der Waals surface area contributed by atoms with Crippen LogP contribution in [0.2, 0.25) is 0 Å². The fraction of sp³-hybridized carbons (Fsp3) is 0.941. The minimum Gasteiger partial charge on any atom is -0.465 e. The van der Waals surface area contributed by atoms with Gasteiger partial charge in [0.25, 0.3) is 0 Å². The average molecular weight is 539 g/mol. The van der Waals surface area contributed by atoms with E-state index in [2.05, 4.69) is 34.6 Å². The monoisotopic (exact) mass is 538 g/mol. The molecule has 0 saturated carbocycles. The minimum absolute atomic E-state index is 0.00262. The van der Waals surface area contributed by atoms with Crippen molar-refractivity contribution in [3.05, 3.63) is 0 Å². The highest BCUT2D eigenvalue weighted by atomic mass is 16.5. The van der Waals surface area contributed by atoms with E-state index in [9.17, 15) is 9.59 Å². The maximum atomic E-state index is 12.2. The molecule has 0 aromatic carbocycles. The Morgan fingerprint density at radius 1 is 0.447 bits per heavy atom. The van der Waals surface area contributed by atoms with Gasteiger partial charge in [-0.05, 0) is 43.4 Å². The van der Waals surface area contributed by atoms with Crippen LogP contribution in [0.5, 0.6) is 0 Å². The van der Waals surface area contributed by atoms with Gasteiger partial charge in [0.15, 0.2) is 0 Å². The second kappa shape index (κ2) is 27.5. The molecule has 0 heterocycles. The summed E-state index contributed by atoms with van der Waals surface area (Å²) in [7, 11) is 0. The fourth-order valence-corrected chi connectivity index (χ4v) is 5.18. The summed E-state index contributed by atoms with van der Waals surface area (Å²) in [5.41, 5.74) is 0. The van der Waals surface area contributed by atoms with Crippen molar-refractivity contribution >= 4 is 11.9 Å². The third-order valence-electron chi connectivity index (χ3n) is 8.37. The number of carbonyl (C=O) groups excluding carboxylic acids is 2. The molecule has 3 atom stereocenters. The molecule has 0 rings (SSSR count). The molecular formula is C34H66O4. The number of hydrogen-bond acceptors (Lipinski definition) is 4. The zero-order valence-electron chi connectivity index (χ0n) is 26.3. The number of esters is 2. The van der Waals surface area contributed by atoms with Crippen LogP contribution in [0.15, 0.2) is 0 Å². The molecule has 0 bridgehead atoms. The zero-order valence-corrected chi connectivity index (χ0v) is 26.3. The standard InChI is InChI=1S/C34H66O4/c1-6-11-22-31(9-4)28-37-33(35)25-21-19-17-15-13-14-16-18-20-24-30(8-3)26-27-34(36)38-29-32(10-5)23-12-7-2/h30-32H,6-29H2,1-5H3. The van der Waals surface area contributed by atoms with Crippen molar-refractivity contribution in [2.45, 2.75) is 176 Å². The molecule has 4 heteroatoms. The zero-order chi connectivity index (χ0) is 28.3. The summed E-state index contributed by atoms with van der Waals surface area (Å²) in [6.45, 7) is 12.3. The lowest BCUT2D eigenvalue weighted by Crippen LogP contribution is -2.14. The SMILES string of the molecule is CCCCC(CC)COC(=O)CCCCCCCCCCCC(CC)CCC(=O)OCC(CC)CCCC. The van der Waals surface area contributed by atoms with Crippen LogP contribution in [0, 0.1) is 17.8 Å². The molecule has 0 aliphatic heterocycles. The fourth-order valence-electron chi connectivity index (χ4n) is 5.18. The Kier molecular flexibility index (Phi) is 26.7. The van der Waals surface area contributed by atoms with Gasteiger partial charge in [-0.3, -0.25) is 9.59 Å². The van der Waals surface area contributed by atoms with Crippen LogP contribution in [0.4, 0.5) is 0 Å². The van der Waals surface area contributed by atoms with Crippen molar-refractivity contribution in [1.82, 2.24) is 0 Å². The number of hydrogen-bond donors (Lipinski definition) is 0. The van der Waals surface area contributed by atoms with Gasteiger partial charge in [0.1, 0.15) is 0 Å². The summed E-state index contributed by atoms with van der Waals surface area (Å²) < 4.78 is 11.1. The molecule has 0 aromatic heterocycles. The van der Waals surface area contributed by atoms with Gasteiger partial charge in [0.2, 0.25) is 0 Å². The van der Waals surface area contributed by atoms with Crippen LogP contribution < -0.4 is 0 Å². The first-order valence-electron chi connectivity index (χ1n) is 16.8. The highest BCUT2D eigenvalue weighted by Crippen LogP contribution is 2.21. The van der Waals surface area contributed by atoms with Crippen LogP contribution in [0.3, 0.4) is 0 Å². The first-order valence-corrected chi connectivity index (χ1v) is 16.8. The molecule has 38 heavy (non-hydrogen) atoms. The lowest BCUT2D eigenvalue weighted by Gasteiger charge is -2.16. The van der Waals surface area contributed by atoms with Gasteiger partial charge >= 0.3 is 11.9 Å². The van der Waals surface area contributed by atoms with Crippen LogP contribution in [0.1, 0.15) is 176 Å². The van der Waals surface area contributed by atoms with E-state index < -0.39 is 0 Å². The third-order valence-corrected chi connectivity index (χ3v) is 8.37. The smallest absolute Gasteiger partial charge is 0.305 e. The molecule has 3 unspecified atom stereocenters.